The first-order valence-electron chi connectivity index (χ1n) is 9.63. The van der Waals surface area contributed by atoms with E-state index in [0.29, 0.717) is 17.9 Å². The van der Waals surface area contributed by atoms with Crippen molar-refractivity contribution in [3.8, 4) is 10.4 Å². The summed E-state index contributed by atoms with van der Waals surface area (Å²) < 4.78 is 5.52. The zero-order chi connectivity index (χ0) is 19.0. The van der Waals surface area contributed by atoms with Gasteiger partial charge in [0.25, 0.3) is 0 Å². The molecule has 2 heterocycles. The second kappa shape index (κ2) is 7.15. The monoisotopic (exact) mass is 385 g/mol. The van der Waals surface area contributed by atoms with Gasteiger partial charge in [0, 0.05) is 25.3 Å². The zero-order valence-electron chi connectivity index (χ0n) is 16.1. The fourth-order valence-electron chi connectivity index (χ4n) is 4.14. The van der Waals surface area contributed by atoms with Crippen LogP contribution in [-0.4, -0.2) is 40.7 Å². The van der Waals surface area contributed by atoms with E-state index in [-0.39, 0.29) is 6.09 Å². The van der Waals surface area contributed by atoms with E-state index in [1.807, 2.05) is 37.9 Å². The molecule has 1 aromatic carbocycles. The summed E-state index contributed by atoms with van der Waals surface area (Å²) in [6, 6.07) is 10.8. The minimum Gasteiger partial charge on any atom is -0.444 e. The lowest BCUT2D eigenvalue weighted by atomic mass is 10.0. The number of ether oxygens (including phenoxy) is 1. The van der Waals surface area contributed by atoms with Crippen molar-refractivity contribution in [2.24, 2.45) is 11.8 Å². The maximum Gasteiger partial charge on any atom is 0.410 e. The molecule has 1 amide bonds. The van der Waals surface area contributed by atoms with Gasteiger partial charge in [0.1, 0.15) is 5.60 Å². The van der Waals surface area contributed by atoms with Gasteiger partial charge in [-0.25, -0.2) is 9.78 Å². The van der Waals surface area contributed by atoms with Crippen LogP contribution in [0, 0.1) is 11.8 Å². The third-order valence-electron chi connectivity index (χ3n) is 5.29. The number of benzene rings is 1. The van der Waals surface area contributed by atoms with E-state index in [0.717, 1.165) is 31.1 Å². The van der Waals surface area contributed by atoms with Crippen LogP contribution in [0.25, 0.3) is 10.4 Å². The summed E-state index contributed by atoms with van der Waals surface area (Å²) in [5, 5.41) is 4.60. The Morgan fingerprint density at radius 2 is 1.85 bits per heavy atom. The molecule has 2 aromatic rings. The quantitative estimate of drug-likeness (QED) is 0.819. The van der Waals surface area contributed by atoms with E-state index in [4.69, 9.17) is 4.74 Å². The number of nitrogens with one attached hydrogen (secondary N) is 1. The number of anilines is 1. The second-order valence-corrected chi connectivity index (χ2v) is 9.64. The van der Waals surface area contributed by atoms with Crippen molar-refractivity contribution >= 4 is 22.6 Å². The Morgan fingerprint density at radius 3 is 2.48 bits per heavy atom. The summed E-state index contributed by atoms with van der Waals surface area (Å²) in [5.41, 5.74) is 0.777. The molecule has 3 atom stereocenters. The molecule has 1 aliphatic heterocycles. The number of fused-ring (bicyclic) bond motifs is 1. The number of amides is 1. The maximum atomic E-state index is 12.3. The maximum absolute atomic E-state index is 12.3. The van der Waals surface area contributed by atoms with Gasteiger partial charge in [-0.1, -0.05) is 41.7 Å². The van der Waals surface area contributed by atoms with Crippen LogP contribution in [0.1, 0.15) is 33.6 Å². The Bertz CT molecular complexity index is 785. The highest BCUT2D eigenvalue weighted by molar-refractivity contribution is 7.18. The lowest BCUT2D eigenvalue weighted by molar-refractivity contribution is 0.0280. The van der Waals surface area contributed by atoms with Crippen molar-refractivity contribution in [1.82, 2.24) is 9.88 Å². The molecule has 2 unspecified atom stereocenters. The Hall–Kier alpha value is -2.08. The van der Waals surface area contributed by atoms with Gasteiger partial charge in [0.2, 0.25) is 0 Å². The van der Waals surface area contributed by atoms with E-state index in [9.17, 15) is 4.79 Å². The van der Waals surface area contributed by atoms with Crippen LogP contribution < -0.4 is 5.32 Å². The van der Waals surface area contributed by atoms with Gasteiger partial charge in [-0.05, 0) is 51.0 Å². The molecule has 1 aromatic heterocycles. The van der Waals surface area contributed by atoms with Crippen LogP contribution in [0.5, 0.6) is 0 Å². The highest BCUT2D eigenvalue weighted by Gasteiger charge is 2.43. The predicted molar refractivity (Wildman–Crippen MR) is 109 cm³/mol. The van der Waals surface area contributed by atoms with E-state index in [1.165, 1.54) is 10.4 Å². The molecule has 144 valence electrons. The number of nitrogens with zero attached hydrogens (tertiary/aromatic N) is 2. The highest BCUT2D eigenvalue weighted by Crippen LogP contribution is 2.40. The molecule has 6 heteroatoms. The standard InChI is InChI=1S/C21H27N3O2S/c1-21(2,3)26-20(25)24-12-15-9-17(10-16(15)13-24)23-19-22-11-18(27-19)14-7-5-4-6-8-14/h4-8,11,15-17H,9-10,12-13H2,1-3H3,(H,22,23)/t15-,16?,17?/m1/s1. The third-order valence-corrected chi connectivity index (χ3v) is 6.27. The molecule has 1 aliphatic carbocycles. The van der Waals surface area contributed by atoms with E-state index >= 15 is 0 Å². The molecule has 4 rings (SSSR count). The number of carbonyl (C=O) groups is 1. The number of thiazole rings is 1. The minimum atomic E-state index is -0.430. The van der Waals surface area contributed by atoms with Crippen LogP contribution in [0.3, 0.4) is 0 Å². The third kappa shape index (κ3) is 4.26. The smallest absolute Gasteiger partial charge is 0.410 e. The van der Waals surface area contributed by atoms with Crippen molar-refractivity contribution in [2.45, 2.75) is 45.3 Å². The summed E-state index contributed by atoms with van der Waals surface area (Å²) in [4.78, 5) is 19.9. The summed E-state index contributed by atoms with van der Waals surface area (Å²) in [7, 11) is 0. The fourth-order valence-corrected chi connectivity index (χ4v) is 5.04. The molecule has 0 bridgehead atoms. The molecule has 1 saturated carbocycles. The van der Waals surface area contributed by atoms with Crippen molar-refractivity contribution in [2.75, 3.05) is 18.4 Å². The number of carbonyl (C=O) groups excluding carboxylic acids is 1. The Balaban J connectivity index is 1.31. The topological polar surface area (TPSA) is 54.5 Å². The molecule has 0 spiro atoms. The first-order valence-corrected chi connectivity index (χ1v) is 10.4. The van der Waals surface area contributed by atoms with Gasteiger partial charge in [-0.15, -0.1) is 0 Å². The molecule has 2 fully saturated rings. The van der Waals surface area contributed by atoms with Crippen LogP contribution >= 0.6 is 11.3 Å². The van der Waals surface area contributed by atoms with Gasteiger partial charge >= 0.3 is 6.09 Å². The molecule has 1 N–H and O–H groups in total. The van der Waals surface area contributed by atoms with Crippen LogP contribution in [0.15, 0.2) is 36.5 Å². The van der Waals surface area contributed by atoms with Crippen molar-refractivity contribution in [3.63, 3.8) is 0 Å². The van der Waals surface area contributed by atoms with Gasteiger partial charge in [0.05, 0.1) is 4.88 Å². The summed E-state index contributed by atoms with van der Waals surface area (Å²) in [5.74, 6) is 1.12. The number of rotatable bonds is 3. The molecule has 2 aliphatic rings. The summed E-state index contributed by atoms with van der Waals surface area (Å²) >= 11 is 1.71. The molecule has 1 saturated heterocycles. The highest BCUT2D eigenvalue weighted by atomic mass is 32.1. The Morgan fingerprint density at radius 1 is 1.19 bits per heavy atom. The Kier molecular flexibility index (Phi) is 4.84. The first kappa shape index (κ1) is 18.3. The number of aromatic nitrogens is 1. The molecular formula is C21H27N3O2S. The first-order chi connectivity index (χ1) is 12.9. The van der Waals surface area contributed by atoms with Gasteiger partial charge in [0.15, 0.2) is 5.13 Å². The zero-order valence-corrected chi connectivity index (χ0v) is 17.0. The molecule has 0 radical (unpaired) electrons. The van der Waals surface area contributed by atoms with Crippen molar-refractivity contribution in [1.29, 1.82) is 0 Å². The minimum absolute atomic E-state index is 0.172. The predicted octanol–water partition coefficient (Wildman–Crippen LogP) is 4.87. The normalized spacial score (nSPS) is 24.7. The number of likely N-dealkylation sites (tertiary alicyclic amines) is 1. The van der Waals surface area contributed by atoms with E-state index in [2.05, 4.69) is 34.6 Å². The number of hydrogen-bond acceptors (Lipinski definition) is 5. The fraction of sp³-hybridized carbons (Fsp3) is 0.524. The summed E-state index contributed by atoms with van der Waals surface area (Å²) in [6.07, 6.45) is 3.95. The largest absolute Gasteiger partial charge is 0.444 e. The second-order valence-electron chi connectivity index (χ2n) is 8.61. The average Bonchev–Trinajstić information content (AvgIpc) is 3.29. The van der Waals surface area contributed by atoms with Gasteiger partial charge in [-0.2, -0.15) is 0 Å². The molecular weight excluding hydrogens is 358 g/mol. The molecule has 27 heavy (non-hydrogen) atoms. The average molecular weight is 386 g/mol. The van der Waals surface area contributed by atoms with Gasteiger partial charge in [-0.3, -0.25) is 0 Å². The lowest BCUT2D eigenvalue weighted by Crippen LogP contribution is -2.36. The van der Waals surface area contributed by atoms with Crippen LogP contribution in [0.4, 0.5) is 9.93 Å². The Labute approximate surface area is 164 Å². The van der Waals surface area contributed by atoms with E-state index in [1.54, 1.807) is 11.3 Å². The van der Waals surface area contributed by atoms with Crippen LogP contribution in [0.2, 0.25) is 0 Å². The van der Waals surface area contributed by atoms with Crippen molar-refractivity contribution in [3.05, 3.63) is 36.5 Å². The van der Waals surface area contributed by atoms with E-state index < -0.39 is 5.60 Å². The van der Waals surface area contributed by atoms with Crippen LogP contribution in [-0.2, 0) is 4.74 Å². The SMILES string of the molecule is CC(C)(C)OC(=O)N1CC2CC(Nc3ncc(-c4ccccc4)s3)C[C@@H]2C1. The van der Waals surface area contributed by atoms with Gasteiger partial charge < -0.3 is 15.0 Å². The van der Waals surface area contributed by atoms with Crippen molar-refractivity contribution < 1.29 is 9.53 Å². The summed E-state index contributed by atoms with van der Waals surface area (Å²) in [6.45, 7) is 7.37. The lowest BCUT2D eigenvalue weighted by Gasteiger charge is -2.25. The molecule has 5 nitrogen and oxygen atoms in total. The number of hydrogen-bond donors (Lipinski definition) is 1.